The highest BCUT2D eigenvalue weighted by Crippen LogP contribution is 2.21. The number of phenols is 1. The molecule has 0 radical (unpaired) electrons. The van der Waals surface area contributed by atoms with Crippen LogP contribution in [-0.2, 0) is 36.8 Å². The number of amides is 4. The summed E-state index contributed by atoms with van der Waals surface area (Å²) in [6.45, 7) is 1.66. The number of hydrogen-bond acceptors (Lipinski definition) is 9. The molecule has 0 bridgehead atoms. The van der Waals surface area contributed by atoms with Crippen molar-refractivity contribution in [1.29, 1.82) is 0 Å². The van der Waals surface area contributed by atoms with E-state index in [2.05, 4.69) is 20.9 Å². The first-order chi connectivity index (χ1) is 23.3. The molecule has 0 spiro atoms. The molecule has 0 unspecified atom stereocenters. The van der Waals surface area contributed by atoms with Crippen LogP contribution >= 0.6 is 0 Å². The van der Waals surface area contributed by atoms with E-state index >= 15 is 0 Å². The Bertz CT molecular complexity index is 1470. The number of phenolic OH excluding ortho intramolecular Hbond substituents is 1. The zero-order valence-electron chi connectivity index (χ0n) is 27.3. The first kappa shape index (κ1) is 38.2. The van der Waals surface area contributed by atoms with Crippen molar-refractivity contribution in [2.75, 3.05) is 13.1 Å². The summed E-state index contributed by atoms with van der Waals surface area (Å²) in [4.78, 5) is 71.1. The zero-order chi connectivity index (χ0) is 36.1. The molecule has 1 aliphatic rings. The number of hydrogen-bond donors (Lipinski definition) is 9. The van der Waals surface area contributed by atoms with E-state index in [1.165, 1.54) is 24.0 Å². The summed E-state index contributed by atoms with van der Waals surface area (Å²) in [5.41, 5.74) is 18.1. The van der Waals surface area contributed by atoms with Crippen molar-refractivity contribution in [3.8, 4) is 5.75 Å². The van der Waals surface area contributed by atoms with Gasteiger partial charge in [0.05, 0.1) is 12.1 Å². The highest BCUT2D eigenvalue weighted by molar-refractivity contribution is 5.96. The van der Waals surface area contributed by atoms with Gasteiger partial charge in [0.15, 0.2) is 12.0 Å². The molecule has 3 rings (SSSR count). The number of benzene rings is 2. The highest BCUT2D eigenvalue weighted by Gasteiger charge is 2.40. The van der Waals surface area contributed by atoms with Crippen LogP contribution in [0.4, 0.5) is 0 Å². The number of carboxylic acids is 1. The van der Waals surface area contributed by atoms with Gasteiger partial charge in [-0.3, -0.25) is 24.2 Å². The van der Waals surface area contributed by atoms with Crippen LogP contribution in [0.3, 0.4) is 0 Å². The number of aliphatic hydroxyl groups is 1. The summed E-state index contributed by atoms with van der Waals surface area (Å²) in [5.74, 6) is -4.13. The number of aliphatic carboxylic acids is 1. The number of aromatic hydroxyl groups is 1. The van der Waals surface area contributed by atoms with Gasteiger partial charge in [0.2, 0.25) is 23.6 Å². The van der Waals surface area contributed by atoms with Gasteiger partial charge in [0, 0.05) is 25.9 Å². The third-order valence-electron chi connectivity index (χ3n) is 8.10. The molecule has 1 fully saturated rings. The maximum atomic E-state index is 14.1. The van der Waals surface area contributed by atoms with Gasteiger partial charge >= 0.3 is 5.97 Å². The Morgan fingerprint density at radius 2 is 1.53 bits per heavy atom. The van der Waals surface area contributed by atoms with Crippen LogP contribution in [0.25, 0.3) is 0 Å². The highest BCUT2D eigenvalue weighted by atomic mass is 16.4. The smallest absolute Gasteiger partial charge is 0.328 e. The number of guanidine groups is 1. The molecule has 0 aromatic heterocycles. The molecule has 16 heteroatoms. The van der Waals surface area contributed by atoms with E-state index in [-0.39, 0.29) is 50.5 Å². The van der Waals surface area contributed by atoms with Crippen LogP contribution in [0.15, 0.2) is 59.6 Å². The Kier molecular flexibility index (Phi) is 14.3. The van der Waals surface area contributed by atoms with E-state index in [0.29, 0.717) is 24.0 Å². The largest absolute Gasteiger partial charge is 0.508 e. The average molecular weight is 683 g/mol. The fourth-order valence-electron chi connectivity index (χ4n) is 5.47. The molecule has 4 amide bonds. The van der Waals surface area contributed by atoms with Crippen molar-refractivity contribution in [2.24, 2.45) is 22.2 Å². The standard InChI is InChI=1S/C33H46N8O8/c1-19(42)27(32(48)49)40-30(46)26-10-6-16-41(26)31(47)25(18-20-7-3-2-4-8-20)39-29(45)24(17-21-11-13-22(43)14-12-21)38-28(44)23(34)9-5-15-37-33(35)36/h2-4,7-8,11-14,19,23-27,42-43H,5-6,9-10,15-18,34H2,1H3,(H,38,44)(H,39,45)(H,40,46)(H,48,49)(H4,35,36,37)/t19-,23+,24+,25+,26+,27+/m1/s1. The summed E-state index contributed by atoms with van der Waals surface area (Å²) < 4.78 is 0. The summed E-state index contributed by atoms with van der Waals surface area (Å²) >= 11 is 0. The third-order valence-corrected chi connectivity index (χ3v) is 8.10. The van der Waals surface area contributed by atoms with Crippen molar-refractivity contribution in [3.63, 3.8) is 0 Å². The SMILES string of the molecule is C[C@@H](O)[C@H](NC(=O)[C@@H]1CCCN1C(=O)[C@H](Cc1ccccc1)NC(=O)[C@H](Cc1ccc(O)cc1)NC(=O)[C@@H](N)CCCN=C(N)N)C(=O)O. The zero-order valence-corrected chi connectivity index (χ0v) is 27.3. The molecule has 49 heavy (non-hydrogen) atoms. The normalized spacial score (nSPS) is 17.1. The van der Waals surface area contributed by atoms with Gasteiger partial charge in [-0.2, -0.15) is 0 Å². The molecule has 266 valence electrons. The van der Waals surface area contributed by atoms with Crippen LogP contribution in [0.5, 0.6) is 5.75 Å². The summed E-state index contributed by atoms with van der Waals surface area (Å²) in [5, 5.41) is 36.8. The van der Waals surface area contributed by atoms with Gasteiger partial charge in [-0.05, 0) is 55.9 Å². The van der Waals surface area contributed by atoms with Gasteiger partial charge in [-0.25, -0.2) is 4.79 Å². The first-order valence-electron chi connectivity index (χ1n) is 16.0. The fraction of sp³-hybridized carbons (Fsp3) is 0.455. The number of rotatable bonds is 17. The Morgan fingerprint density at radius 1 is 0.918 bits per heavy atom. The van der Waals surface area contributed by atoms with Crippen molar-refractivity contribution in [3.05, 3.63) is 65.7 Å². The number of likely N-dealkylation sites (tertiary alicyclic amines) is 1. The molecule has 1 saturated heterocycles. The van der Waals surface area contributed by atoms with E-state index in [9.17, 15) is 39.3 Å². The Morgan fingerprint density at radius 3 is 2.14 bits per heavy atom. The first-order valence-corrected chi connectivity index (χ1v) is 16.0. The second kappa shape index (κ2) is 18.4. The van der Waals surface area contributed by atoms with Crippen molar-refractivity contribution < 1.29 is 39.3 Å². The molecular weight excluding hydrogens is 636 g/mol. The molecule has 0 aliphatic carbocycles. The van der Waals surface area contributed by atoms with Crippen molar-refractivity contribution in [1.82, 2.24) is 20.9 Å². The third kappa shape index (κ3) is 11.8. The quantitative estimate of drug-likeness (QED) is 0.0524. The van der Waals surface area contributed by atoms with Gasteiger partial charge in [0.1, 0.15) is 23.9 Å². The average Bonchev–Trinajstić information content (AvgIpc) is 3.55. The van der Waals surface area contributed by atoms with Gasteiger partial charge in [-0.1, -0.05) is 42.5 Å². The molecule has 0 saturated carbocycles. The summed E-state index contributed by atoms with van der Waals surface area (Å²) in [7, 11) is 0. The topological polar surface area (TPSA) is 276 Å². The number of aliphatic imine (C=N–C) groups is 1. The monoisotopic (exact) mass is 682 g/mol. The van der Waals surface area contributed by atoms with Crippen LogP contribution in [0.2, 0.25) is 0 Å². The number of carbonyl (C=O) groups is 5. The molecule has 1 aliphatic heterocycles. The predicted octanol–water partition coefficient (Wildman–Crippen LogP) is -1.53. The number of carboxylic acid groups (broad SMARTS) is 1. The minimum atomic E-state index is -1.58. The molecule has 1 heterocycles. The lowest BCUT2D eigenvalue weighted by Crippen LogP contribution is -2.59. The Labute approximate surface area is 284 Å². The molecule has 2 aromatic carbocycles. The summed E-state index contributed by atoms with van der Waals surface area (Å²) in [6, 6.07) is 8.98. The van der Waals surface area contributed by atoms with Crippen LogP contribution < -0.4 is 33.2 Å². The summed E-state index contributed by atoms with van der Waals surface area (Å²) in [6.07, 6.45) is -0.0179. The lowest BCUT2D eigenvalue weighted by atomic mass is 10.0. The van der Waals surface area contributed by atoms with Gasteiger partial charge < -0.3 is 53.4 Å². The van der Waals surface area contributed by atoms with Crippen molar-refractivity contribution in [2.45, 2.75) is 81.8 Å². The van der Waals surface area contributed by atoms with E-state index < -0.39 is 65.9 Å². The van der Waals surface area contributed by atoms with E-state index in [4.69, 9.17) is 17.2 Å². The van der Waals surface area contributed by atoms with Crippen molar-refractivity contribution >= 4 is 35.6 Å². The molecule has 2 aromatic rings. The number of nitrogens with zero attached hydrogens (tertiary/aromatic N) is 2. The lowest BCUT2D eigenvalue weighted by Gasteiger charge is -2.31. The molecular formula is C33H46N8O8. The minimum Gasteiger partial charge on any atom is -0.508 e. The molecule has 12 N–H and O–H groups in total. The van der Waals surface area contributed by atoms with Gasteiger partial charge in [-0.15, -0.1) is 0 Å². The van der Waals surface area contributed by atoms with E-state index in [0.717, 1.165) is 0 Å². The van der Waals surface area contributed by atoms with Gasteiger partial charge in [0.25, 0.3) is 0 Å². The molecule has 6 atom stereocenters. The van der Waals surface area contributed by atoms with Crippen LogP contribution in [0.1, 0.15) is 43.7 Å². The maximum Gasteiger partial charge on any atom is 0.328 e. The number of carbonyl (C=O) groups excluding carboxylic acids is 4. The Balaban J connectivity index is 1.85. The lowest BCUT2D eigenvalue weighted by molar-refractivity contribution is -0.147. The van der Waals surface area contributed by atoms with E-state index in [1.54, 1.807) is 42.5 Å². The maximum absolute atomic E-state index is 14.1. The number of nitrogens with one attached hydrogen (secondary N) is 3. The second-order valence-electron chi connectivity index (χ2n) is 12.0. The predicted molar refractivity (Wildman–Crippen MR) is 180 cm³/mol. The number of nitrogens with two attached hydrogens (primary N) is 3. The molecule has 16 nitrogen and oxygen atoms in total. The van der Waals surface area contributed by atoms with E-state index in [1.807, 2.05) is 0 Å². The number of aliphatic hydroxyl groups excluding tert-OH is 1. The fourth-order valence-corrected chi connectivity index (χ4v) is 5.47. The second-order valence-corrected chi connectivity index (χ2v) is 12.0. The van der Waals surface area contributed by atoms with Crippen LogP contribution in [0, 0.1) is 0 Å². The minimum absolute atomic E-state index is 0.00448. The van der Waals surface area contributed by atoms with Crippen LogP contribution in [-0.4, -0.2) is 105 Å². The Hall–Kier alpha value is -5.22.